The number of para-hydroxylation sites is 1. The lowest BCUT2D eigenvalue weighted by Crippen LogP contribution is -2.60. The zero-order valence-corrected chi connectivity index (χ0v) is 17.8. The Labute approximate surface area is 164 Å². The molecule has 4 rings (SSSR count). The van der Waals surface area contributed by atoms with Crippen LogP contribution in [0.5, 0.6) is 0 Å². The minimum atomic E-state index is -0.0219. The quantitative estimate of drug-likeness (QED) is 0.708. The highest BCUT2D eigenvalue weighted by atomic mass is 15.5. The van der Waals surface area contributed by atoms with E-state index in [2.05, 4.69) is 73.6 Å². The average Bonchev–Trinajstić information content (AvgIpc) is 3.08. The molecule has 0 N–H and O–H groups in total. The number of nitrogens with zero attached hydrogens (tertiary/aromatic N) is 4. The van der Waals surface area contributed by atoms with Crippen LogP contribution in [-0.2, 0) is 5.66 Å². The second-order valence-electron chi connectivity index (χ2n) is 10.2. The van der Waals surface area contributed by atoms with E-state index < -0.39 is 0 Å². The highest BCUT2D eigenvalue weighted by Gasteiger charge is 2.48. The molecule has 0 bridgehead atoms. The Balaban J connectivity index is 1.77. The molecule has 0 radical (unpaired) electrons. The molecule has 1 aromatic heterocycles. The summed E-state index contributed by atoms with van der Waals surface area (Å²) < 4.78 is 2.30. The Morgan fingerprint density at radius 2 is 1.74 bits per heavy atom. The predicted octanol–water partition coefficient (Wildman–Crippen LogP) is 5.44. The van der Waals surface area contributed by atoms with Gasteiger partial charge < -0.3 is 0 Å². The van der Waals surface area contributed by atoms with Gasteiger partial charge in [-0.2, -0.15) is 0 Å². The van der Waals surface area contributed by atoms with Gasteiger partial charge in [0.15, 0.2) is 0 Å². The van der Waals surface area contributed by atoms with Crippen LogP contribution in [0.3, 0.4) is 0 Å². The molecule has 2 aromatic rings. The molecule has 1 saturated carbocycles. The van der Waals surface area contributed by atoms with E-state index in [-0.39, 0.29) is 5.66 Å². The van der Waals surface area contributed by atoms with E-state index in [0.717, 1.165) is 17.4 Å². The standard InChI is InChI=1S/C23H36N4/c1-17-9-8-16-26(18(17)2)23(14-12-19(13-15-23)22(3,4)5)27-21-11-7-6-10-20(21)24-25-27/h6-7,10-11,17-19H,8-9,12-16H2,1-5H3. The molecular weight excluding hydrogens is 332 g/mol. The van der Waals surface area contributed by atoms with Crippen molar-refractivity contribution in [2.24, 2.45) is 17.3 Å². The van der Waals surface area contributed by atoms with Crippen molar-refractivity contribution in [2.75, 3.05) is 6.54 Å². The Bertz CT molecular complexity index is 779. The summed E-state index contributed by atoms with van der Waals surface area (Å²) in [6.07, 6.45) is 7.54. The Kier molecular flexibility index (Phi) is 4.82. The van der Waals surface area contributed by atoms with Gasteiger partial charge in [0.05, 0.1) is 5.52 Å². The van der Waals surface area contributed by atoms with E-state index in [1.54, 1.807) is 0 Å². The highest BCUT2D eigenvalue weighted by molar-refractivity contribution is 5.74. The molecule has 2 fully saturated rings. The van der Waals surface area contributed by atoms with Gasteiger partial charge >= 0.3 is 0 Å². The number of benzene rings is 1. The van der Waals surface area contributed by atoms with E-state index >= 15 is 0 Å². The van der Waals surface area contributed by atoms with Crippen molar-refractivity contribution in [1.82, 2.24) is 19.9 Å². The molecule has 2 atom stereocenters. The number of likely N-dealkylation sites (tertiary alicyclic amines) is 1. The number of piperidine rings is 1. The van der Waals surface area contributed by atoms with Crippen LogP contribution in [0.1, 0.15) is 73.1 Å². The van der Waals surface area contributed by atoms with Gasteiger partial charge in [-0.25, -0.2) is 4.68 Å². The lowest BCUT2D eigenvalue weighted by molar-refractivity contribution is -0.0943. The monoisotopic (exact) mass is 368 g/mol. The predicted molar refractivity (Wildman–Crippen MR) is 111 cm³/mol. The van der Waals surface area contributed by atoms with E-state index in [9.17, 15) is 0 Å². The fraction of sp³-hybridized carbons (Fsp3) is 0.739. The van der Waals surface area contributed by atoms with Crippen LogP contribution >= 0.6 is 0 Å². The lowest BCUT2D eigenvalue weighted by Gasteiger charge is -2.54. The summed E-state index contributed by atoms with van der Waals surface area (Å²) in [6.45, 7) is 13.2. The van der Waals surface area contributed by atoms with Gasteiger partial charge in [0.2, 0.25) is 0 Å². The zero-order valence-electron chi connectivity index (χ0n) is 17.8. The number of aromatic nitrogens is 3. The van der Waals surface area contributed by atoms with Crippen LogP contribution in [0.15, 0.2) is 24.3 Å². The van der Waals surface area contributed by atoms with Crippen molar-refractivity contribution in [3.63, 3.8) is 0 Å². The summed E-state index contributed by atoms with van der Waals surface area (Å²) in [5.74, 6) is 1.53. The maximum atomic E-state index is 4.74. The molecule has 0 amide bonds. The first-order chi connectivity index (χ1) is 12.8. The van der Waals surface area contributed by atoms with Crippen LogP contribution in [0, 0.1) is 17.3 Å². The maximum Gasteiger partial charge on any atom is 0.117 e. The zero-order chi connectivity index (χ0) is 19.2. The van der Waals surface area contributed by atoms with Gasteiger partial charge in [-0.15, -0.1) is 5.10 Å². The van der Waals surface area contributed by atoms with E-state index in [1.807, 2.05) is 0 Å². The number of rotatable bonds is 2. The van der Waals surface area contributed by atoms with Crippen molar-refractivity contribution in [1.29, 1.82) is 0 Å². The molecule has 1 aliphatic carbocycles. The van der Waals surface area contributed by atoms with Gasteiger partial charge in [-0.1, -0.05) is 45.0 Å². The Morgan fingerprint density at radius 1 is 1.04 bits per heavy atom. The second-order valence-corrected chi connectivity index (χ2v) is 10.2. The van der Waals surface area contributed by atoms with Gasteiger partial charge in [-0.05, 0) is 74.8 Å². The summed E-state index contributed by atoms with van der Waals surface area (Å²) in [4.78, 5) is 2.79. The molecule has 0 spiro atoms. The maximum absolute atomic E-state index is 4.74. The van der Waals surface area contributed by atoms with Gasteiger partial charge in [0.25, 0.3) is 0 Å². The Morgan fingerprint density at radius 3 is 2.44 bits per heavy atom. The summed E-state index contributed by atoms with van der Waals surface area (Å²) >= 11 is 0. The highest BCUT2D eigenvalue weighted by Crippen LogP contribution is 2.48. The molecular formula is C23H36N4. The molecule has 148 valence electrons. The summed E-state index contributed by atoms with van der Waals surface area (Å²) in [7, 11) is 0. The van der Waals surface area contributed by atoms with Gasteiger partial charge in [-0.3, -0.25) is 4.90 Å². The van der Waals surface area contributed by atoms with Crippen LogP contribution in [0.4, 0.5) is 0 Å². The van der Waals surface area contributed by atoms with Crippen molar-refractivity contribution < 1.29 is 0 Å². The normalized spacial score (nSPS) is 33.4. The fourth-order valence-corrected chi connectivity index (χ4v) is 5.67. The first-order valence-corrected chi connectivity index (χ1v) is 10.9. The smallest absolute Gasteiger partial charge is 0.117 e. The molecule has 27 heavy (non-hydrogen) atoms. The second kappa shape index (κ2) is 6.88. The summed E-state index contributed by atoms with van der Waals surface area (Å²) in [5.41, 5.74) is 2.58. The molecule has 4 heteroatoms. The Hall–Kier alpha value is -1.42. The number of fused-ring (bicyclic) bond motifs is 1. The third kappa shape index (κ3) is 3.20. The molecule has 2 aliphatic rings. The minimum Gasteiger partial charge on any atom is -0.276 e. The first-order valence-electron chi connectivity index (χ1n) is 10.9. The first kappa shape index (κ1) is 18.9. The third-order valence-electron chi connectivity index (χ3n) is 7.67. The number of hydrogen-bond donors (Lipinski definition) is 0. The van der Waals surface area contributed by atoms with Crippen molar-refractivity contribution in [3.8, 4) is 0 Å². The summed E-state index contributed by atoms with van der Waals surface area (Å²) in [6, 6.07) is 9.07. The van der Waals surface area contributed by atoms with Crippen LogP contribution in [0.25, 0.3) is 11.0 Å². The van der Waals surface area contributed by atoms with Gasteiger partial charge in [0.1, 0.15) is 11.2 Å². The van der Waals surface area contributed by atoms with E-state index in [4.69, 9.17) is 5.21 Å². The largest absolute Gasteiger partial charge is 0.276 e. The van der Waals surface area contributed by atoms with Crippen molar-refractivity contribution in [2.45, 2.75) is 84.8 Å². The summed E-state index contributed by atoms with van der Waals surface area (Å²) in [5, 5.41) is 9.27. The number of hydrogen-bond acceptors (Lipinski definition) is 3. The topological polar surface area (TPSA) is 34.0 Å². The molecule has 2 heterocycles. The van der Waals surface area contributed by atoms with Gasteiger partial charge in [0, 0.05) is 12.6 Å². The molecule has 1 aliphatic heterocycles. The van der Waals surface area contributed by atoms with Crippen LogP contribution in [0.2, 0.25) is 0 Å². The molecule has 1 saturated heterocycles. The minimum absolute atomic E-state index is 0.0219. The van der Waals surface area contributed by atoms with E-state index in [1.165, 1.54) is 50.6 Å². The van der Waals surface area contributed by atoms with E-state index in [0.29, 0.717) is 11.5 Å². The van der Waals surface area contributed by atoms with Crippen molar-refractivity contribution in [3.05, 3.63) is 24.3 Å². The lowest BCUT2D eigenvalue weighted by atomic mass is 9.68. The third-order valence-corrected chi connectivity index (χ3v) is 7.67. The fourth-order valence-electron chi connectivity index (χ4n) is 5.67. The average molecular weight is 369 g/mol. The molecule has 4 nitrogen and oxygen atoms in total. The van der Waals surface area contributed by atoms with Crippen LogP contribution < -0.4 is 0 Å². The molecule has 1 aromatic carbocycles. The van der Waals surface area contributed by atoms with Crippen LogP contribution in [-0.4, -0.2) is 32.5 Å². The van der Waals surface area contributed by atoms with Crippen molar-refractivity contribution >= 4 is 11.0 Å². The SMILES string of the molecule is CC1CCCN(C2(n3nnc4ccccc43)CCC(C(C)(C)C)CC2)C1C. The molecule has 2 unspecified atom stereocenters.